The lowest BCUT2D eigenvalue weighted by atomic mass is 10.2. The van der Waals surface area contributed by atoms with Crippen LogP contribution < -0.4 is 4.80 Å². The van der Waals surface area contributed by atoms with Gasteiger partial charge in [0.25, 0.3) is 5.91 Å². The minimum absolute atomic E-state index is 0.0320. The Hall–Kier alpha value is -3.31. The van der Waals surface area contributed by atoms with Crippen LogP contribution in [-0.2, 0) is 30.7 Å². The molecule has 0 atom stereocenters. The highest BCUT2D eigenvalue weighted by molar-refractivity contribution is 7.91. The lowest BCUT2D eigenvalue weighted by Gasteiger charge is -2.06. The van der Waals surface area contributed by atoms with Crippen molar-refractivity contribution in [3.05, 3.63) is 58.4 Å². The summed E-state index contributed by atoms with van der Waals surface area (Å²) >= 11 is 1.10. The number of nitrogens with zero attached hydrogens (tertiary/aromatic N) is 2. The Morgan fingerprint density at radius 3 is 2.48 bits per heavy atom. The third kappa shape index (κ3) is 5.37. The van der Waals surface area contributed by atoms with Crippen LogP contribution >= 0.6 is 11.3 Å². The molecule has 0 N–H and O–H groups in total. The van der Waals surface area contributed by atoms with Crippen LogP contribution in [0.2, 0.25) is 0 Å². The molecule has 1 heterocycles. The molecule has 0 aliphatic carbocycles. The van der Waals surface area contributed by atoms with Crippen LogP contribution in [0.4, 0.5) is 0 Å². The van der Waals surface area contributed by atoms with Crippen molar-refractivity contribution in [1.82, 2.24) is 4.57 Å². The van der Waals surface area contributed by atoms with E-state index in [1.54, 1.807) is 25.1 Å². The van der Waals surface area contributed by atoms with Gasteiger partial charge in [-0.05, 0) is 43.3 Å². The maximum Gasteiger partial charge on any atom is 0.337 e. The van der Waals surface area contributed by atoms with Gasteiger partial charge in [0.05, 0.1) is 40.1 Å². The van der Waals surface area contributed by atoms with Crippen LogP contribution in [0.1, 0.15) is 34.6 Å². The quantitative estimate of drug-likeness (QED) is 0.467. The molecule has 1 amide bonds. The molecule has 0 saturated carbocycles. The molecule has 0 saturated heterocycles. The first-order valence-corrected chi connectivity index (χ1v) is 12.5. The molecule has 174 valence electrons. The molecule has 1 aromatic heterocycles. The first-order chi connectivity index (χ1) is 15.7. The largest absolute Gasteiger partial charge is 0.465 e. The predicted molar refractivity (Wildman–Crippen MR) is 122 cm³/mol. The van der Waals surface area contributed by atoms with Gasteiger partial charge in [-0.25, -0.2) is 13.2 Å². The number of fused-ring (bicyclic) bond motifs is 1. The Balaban J connectivity index is 2.13. The predicted octanol–water partition coefficient (Wildman–Crippen LogP) is 2.59. The van der Waals surface area contributed by atoms with E-state index in [1.807, 2.05) is 0 Å². The van der Waals surface area contributed by atoms with E-state index in [2.05, 4.69) is 4.99 Å². The molecule has 33 heavy (non-hydrogen) atoms. The molecule has 0 aliphatic heterocycles. The van der Waals surface area contributed by atoms with Crippen molar-refractivity contribution in [3.8, 4) is 0 Å². The standard InChI is InChI=1S/C22H22N2O7S2/c1-4-31-19(25)13-24-17-10-9-15(21(27)30-3)12-18(17)32-22(24)23-20(26)14-7-6-8-16(11-14)33(28,29)5-2/h6-12H,4-5,13H2,1-3H3. The molecule has 0 radical (unpaired) electrons. The van der Waals surface area contributed by atoms with Crippen molar-refractivity contribution < 1.29 is 32.3 Å². The van der Waals surface area contributed by atoms with Crippen LogP contribution in [0.25, 0.3) is 10.2 Å². The molecule has 2 aromatic carbocycles. The molecule has 0 fully saturated rings. The monoisotopic (exact) mass is 490 g/mol. The smallest absolute Gasteiger partial charge is 0.337 e. The number of hydrogen-bond acceptors (Lipinski definition) is 8. The number of methoxy groups -OCH3 is 1. The molecule has 0 spiro atoms. The highest BCUT2D eigenvalue weighted by atomic mass is 32.2. The van der Waals surface area contributed by atoms with Gasteiger partial charge in [-0.2, -0.15) is 4.99 Å². The van der Waals surface area contributed by atoms with Crippen molar-refractivity contribution in [1.29, 1.82) is 0 Å². The number of amides is 1. The number of hydrogen-bond donors (Lipinski definition) is 0. The third-order valence-corrected chi connectivity index (χ3v) is 7.49. The second-order valence-electron chi connectivity index (χ2n) is 6.80. The van der Waals surface area contributed by atoms with E-state index in [0.29, 0.717) is 15.8 Å². The fraction of sp³-hybridized carbons (Fsp3) is 0.273. The van der Waals surface area contributed by atoms with Gasteiger partial charge in [0.15, 0.2) is 14.6 Å². The van der Waals surface area contributed by atoms with Gasteiger partial charge in [-0.1, -0.05) is 24.3 Å². The zero-order valence-corrected chi connectivity index (χ0v) is 19.9. The van der Waals surface area contributed by atoms with E-state index in [4.69, 9.17) is 9.47 Å². The van der Waals surface area contributed by atoms with Crippen LogP contribution in [0.5, 0.6) is 0 Å². The van der Waals surface area contributed by atoms with Crippen molar-refractivity contribution in [2.24, 2.45) is 4.99 Å². The van der Waals surface area contributed by atoms with Gasteiger partial charge < -0.3 is 14.0 Å². The number of aromatic nitrogens is 1. The van der Waals surface area contributed by atoms with Crippen LogP contribution in [0, 0.1) is 0 Å². The lowest BCUT2D eigenvalue weighted by molar-refractivity contribution is -0.143. The summed E-state index contributed by atoms with van der Waals surface area (Å²) in [5, 5.41) is 0. The molecule has 0 aliphatic rings. The van der Waals surface area contributed by atoms with Crippen molar-refractivity contribution in [2.45, 2.75) is 25.3 Å². The van der Waals surface area contributed by atoms with E-state index in [-0.39, 0.29) is 34.2 Å². The Morgan fingerprint density at radius 2 is 1.82 bits per heavy atom. The molecule has 0 unspecified atom stereocenters. The molecule has 9 nitrogen and oxygen atoms in total. The van der Waals surface area contributed by atoms with E-state index in [1.165, 1.54) is 42.9 Å². The summed E-state index contributed by atoms with van der Waals surface area (Å²) in [5.74, 6) is -1.80. The molecule has 0 bridgehead atoms. The zero-order chi connectivity index (χ0) is 24.2. The summed E-state index contributed by atoms with van der Waals surface area (Å²) in [7, 11) is -2.22. The Morgan fingerprint density at radius 1 is 1.06 bits per heavy atom. The first kappa shape index (κ1) is 24.3. The van der Waals surface area contributed by atoms with Crippen LogP contribution in [0.15, 0.2) is 52.4 Å². The number of carbonyl (C=O) groups excluding carboxylic acids is 3. The summed E-state index contributed by atoms with van der Waals surface area (Å²) < 4.78 is 36.2. The van der Waals surface area contributed by atoms with Crippen LogP contribution in [-0.4, -0.2) is 50.3 Å². The van der Waals surface area contributed by atoms with E-state index in [0.717, 1.165) is 11.3 Å². The van der Waals surface area contributed by atoms with E-state index < -0.39 is 27.7 Å². The Bertz CT molecular complexity index is 1400. The van der Waals surface area contributed by atoms with Gasteiger partial charge in [-0.15, -0.1) is 0 Å². The molecular formula is C22H22N2O7S2. The molecule has 3 aromatic rings. The number of benzene rings is 2. The van der Waals surface area contributed by atoms with Gasteiger partial charge in [0, 0.05) is 5.56 Å². The number of sulfone groups is 1. The van der Waals surface area contributed by atoms with Crippen LogP contribution in [0.3, 0.4) is 0 Å². The zero-order valence-electron chi connectivity index (χ0n) is 18.2. The average molecular weight is 491 g/mol. The van der Waals surface area contributed by atoms with Gasteiger partial charge in [0.2, 0.25) is 0 Å². The average Bonchev–Trinajstić information content (AvgIpc) is 3.14. The number of esters is 2. The summed E-state index contributed by atoms with van der Waals surface area (Å²) in [4.78, 5) is 41.3. The maximum atomic E-state index is 12.9. The van der Waals surface area contributed by atoms with Crippen molar-refractivity contribution in [2.75, 3.05) is 19.5 Å². The lowest BCUT2D eigenvalue weighted by Crippen LogP contribution is -2.23. The molecule has 3 rings (SSSR count). The Kier molecular flexibility index (Phi) is 7.44. The highest BCUT2D eigenvalue weighted by Crippen LogP contribution is 2.21. The van der Waals surface area contributed by atoms with E-state index in [9.17, 15) is 22.8 Å². The molecular weight excluding hydrogens is 468 g/mol. The number of carbonyl (C=O) groups is 3. The van der Waals surface area contributed by atoms with Gasteiger partial charge in [-0.3, -0.25) is 9.59 Å². The second-order valence-corrected chi connectivity index (χ2v) is 10.1. The van der Waals surface area contributed by atoms with Gasteiger partial charge >= 0.3 is 11.9 Å². The minimum atomic E-state index is -3.49. The summed E-state index contributed by atoms with van der Waals surface area (Å²) in [6.07, 6.45) is 0. The summed E-state index contributed by atoms with van der Waals surface area (Å²) in [6, 6.07) is 10.4. The van der Waals surface area contributed by atoms with Crippen molar-refractivity contribution >= 4 is 49.2 Å². The molecule has 11 heteroatoms. The summed E-state index contributed by atoms with van der Waals surface area (Å²) in [5.41, 5.74) is 0.986. The topological polar surface area (TPSA) is 121 Å². The summed E-state index contributed by atoms with van der Waals surface area (Å²) in [6.45, 7) is 3.20. The maximum absolute atomic E-state index is 12.9. The highest BCUT2D eigenvalue weighted by Gasteiger charge is 2.17. The number of rotatable bonds is 7. The Labute approximate surface area is 194 Å². The van der Waals surface area contributed by atoms with Crippen molar-refractivity contribution in [3.63, 3.8) is 0 Å². The van der Waals surface area contributed by atoms with Gasteiger partial charge in [0.1, 0.15) is 6.54 Å². The third-order valence-electron chi connectivity index (χ3n) is 4.71. The SMILES string of the molecule is CCOC(=O)Cn1c(=NC(=O)c2cccc(S(=O)(=O)CC)c2)sc2cc(C(=O)OC)ccc21. The minimum Gasteiger partial charge on any atom is -0.465 e. The fourth-order valence-corrected chi connectivity index (χ4v) is 5.03. The normalized spacial score (nSPS) is 12.0. The number of thiazole rings is 1. The number of ether oxygens (including phenoxy) is 2. The first-order valence-electron chi connectivity index (χ1n) is 9.99. The fourth-order valence-electron chi connectivity index (χ4n) is 3.03. The second kappa shape index (κ2) is 10.1. The van der Waals surface area contributed by atoms with E-state index >= 15 is 0 Å².